The maximum atomic E-state index is 9.39. The Bertz CT molecular complexity index is 518. The van der Waals surface area contributed by atoms with Gasteiger partial charge in [-0.3, -0.25) is 0 Å². The van der Waals surface area contributed by atoms with E-state index in [4.69, 9.17) is 9.47 Å². The van der Waals surface area contributed by atoms with Crippen LogP contribution in [-0.2, 0) is 4.74 Å². The van der Waals surface area contributed by atoms with Crippen molar-refractivity contribution in [3.8, 4) is 11.5 Å². The predicted octanol–water partition coefficient (Wildman–Crippen LogP) is 2.32. The van der Waals surface area contributed by atoms with Crippen LogP contribution in [0.5, 0.6) is 11.5 Å². The molecule has 2 aromatic rings. The average Bonchev–Trinajstić information content (AvgIpc) is 3.09. The second-order valence-corrected chi connectivity index (χ2v) is 3.93. The van der Waals surface area contributed by atoms with Gasteiger partial charge in [-0.1, -0.05) is 12.1 Å². The molecule has 0 aliphatic carbocycles. The molecule has 82 valence electrons. The molecule has 0 saturated carbocycles. The van der Waals surface area contributed by atoms with Gasteiger partial charge in [-0.25, -0.2) is 0 Å². The highest BCUT2D eigenvalue weighted by molar-refractivity contribution is 5.89. The maximum Gasteiger partial charge on any atom is 0.127 e. The number of rotatable bonds is 3. The average molecular weight is 216 g/mol. The minimum Gasteiger partial charge on any atom is -0.508 e. The molecule has 1 saturated heterocycles. The highest BCUT2D eigenvalue weighted by Crippen LogP contribution is 2.28. The number of phenolic OH excluding ortho intramolecular Hbond substituents is 1. The van der Waals surface area contributed by atoms with Crippen molar-refractivity contribution in [2.45, 2.75) is 6.10 Å². The quantitative estimate of drug-likeness (QED) is 0.800. The van der Waals surface area contributed by atoms with Gasteiger partial charge in [0.25, 0.3) is 0 Å². The summed E-state index contributed by atoms with van der Waals surface area (Å²) in [4.78, 5) is 0. The Balaban J connectivity index is 1.95. The fraction of sp³-hybridized carbons (Fsp3) is 0.231. The molecule has 3 heteroatoms. The van der Waals surface area contributed by atoms with Gasteiger partial charge < -0.3 is 14.6 Å². The molecule has 0 radical (unpaired) electrons. The molecule has 1 unspecified atom stereocenters. The summed E-state index contributed by atoms with van der Waals surface area (Å²) in [6.07, 6.45) is 0.257. The zero-order chi connectivity index (χ0) is 11.0. The molecule has 0 spiro atoms. The van der Waals surface area contributed by atoms with Crippen LogP contribution in [0.3, 0.4) is 0 Å². The standard InChI is InChI=1S/C13H12O3/c14-10-4-5-12-9(6-10)2-1-3-13(12)16-8-11-7-15-11/h1-6,11,14H,7-8H2. The smallest absolute Gasteiger partial charge is 0.127 e. The summed E-state index contributed by atoms with van der Waals surface area (Å²) in [5.74, 6) is 1.11. The minimum atomic E-state index is 0.257. The Morgan fingerprint density at radius 2 is 2.19 bits per heavy atom. The Labute approximate surface area is 93.2 Å². The molecule has 0 amide bonds. The lowest BCUT2D eigenvalue weighted by Crippen LogP contribution is -2.04. The zero-order valence-corrected chi connectivity index (χ0v) is 8.72. The van der Waals surface area contributed by atoms with Crippen LogP contribution in [0.1, 0.15) is 0 Å². The van der Waals surface area contributed by atoms with Crippen LogP contribution >= 0.6 is 0 Å². The van der Waals surface area contributed by atoms with E-state index in [-0.39, 0.29) is 11.9 Å². The Hall–Kier alpha value is -1.74. The maximum absolute atomic E-state index is 9.39. The van der Waals surface area contributed by atoms with Crippen molar-refractivity contribution in [1.82, 2.24) is 0 Å². The molecule has 1 heterocycles. The fourth-order valence-electron chi connectivity index (χ4n) is 1.71. The molecule has 16 heavy (non-hydrogen) atoms. The summed E-state index contributed by atoms with van der Waals surface area (Å²) in [7, 11) is 0. The summed E-state index contributed by atoms with van der Waals surface area (Å²) in [5.41, 5.74) is 0. The second-order valence-electron chi connectivity index (χ2n) is 3.93. The largest absolute Gasteiger partial charge is 0.508 e. The summed E-state index contributed by atoms with van der Waals surface area (Å²) >= 11 is 0. The molecular weight excluding hydrogens is 204 g/mol. The van der Waals surface area contributed by atoms with Crippen molar-refractivity contribution in [2.75, 3.05) is 13.2 Å². The Morgan fingerprint density at radius 1 is 1.31 bits per heavy atom. The molecule has 0 aromatic heterocycles. The molecule has 0 bridgehead atoms. The van der Waals surface area contributed by atoms with Gasteiger partial charge in [-0.15, -0.1) is 0 Å². The first-order chi connectivity index (χ1) is 7.83. The van der Waals surface area contributed by atoms with E-state index in [1.807, 2.05) is 24.3 Å². The van der Waals surface area contributed by atoms with Gasteiger partial charge in [-0.2, -0.15) is 0 Å². The monoisotopic (exact) mass is 216 g/mol. The first-order valence-corrected chi connectivity index (χ1v) is 5.29. The van der Waals surface area contributed by atoms with Crippen molar-refractivity contribution in [2.24, 2.45) is 0 Å². The van der Waals surface area contributed by atoms with Crippen LogP contribution in [0.15, 0.2) is 36.4 Å². The highest BCUT2D eigenvalue weighted by atomic mass is 16.6. The normalized spacial score (nSPS) is 18.6. The lowest BCUT2D eigenvalue weighted by molar-refractivity contribution is 0.265. The van der Waals surface area contributed by atoms with Crippen LogP contribution in [0.4, 0.5) is 0 Å². The number of fused-ring (bicyclic) bond motifs is 1. The summed E-state index contributed by atoms with van der Waals surface area (Å²) < 4.78 is 10.8. The lowest BCUT2D eigenvalue weighted by atomic mass is 10.1. The first kappa shape index (κ1) is 9.48. The van der Waals surface area contributed by atoms with Crippen LogP contribution in [0, 0.1) is 0 Å². The lowest BCUT2D eigenvalue weighted by Gasteiger charge is -2.08. The topological polar surface area (TPSA) is 42.0 Å². The Morgan fingerprint density at radius 3 is 3.00 bits per heavy atom. The SMILES string of the molecule is Oc1ccc2c(OCC3CO3)cccc2c1. The van der Waals surface area contributed by atoms with Crippen molar-refractivity contribution < 1.29 is 14.6 Å². The van der Waals surface area contributed by atoms with Gasteiger partial charge in [0, 0.05) is 5.39 Å². The van der Waals surface area contributed by atoms with Gasteiger partial charge in [0.1, 0.15) is 24.2 Å². The third-order valence-corrected chi connectivity index (χ3v) is 2.65. The molecule has 1 N–H and O–H groups in total. The number of hydrogen-bond donors (Lipinski definition) is 1. The molecule has 1 fully saturated rings. The van der Waals surface area contributed by atoms with E-state index in [1.54, 1.807) is 12.1 Å². The van der Waals surface area contributed by atoms with E-state index in [2.05, 4.69) is 0 Å². The molecule has 3 rings (SSSR count). The summed E-state index contributed by atoms with van der Waals surface area (Å²) in [6.45, 7) is 1.39. The van der Waals surface area contributed by atoms with E-state index < -0.39 is 0 Å². The van der Waals surface area contributed by atoms with Gasteiger partial charge in [0.05, 0.1) is 6.61 Å². The summed E-state index contributed by atoms with van der Waals surface area (Å²) in [6, 6.07) is 11.1. The number of aromatic hydroxyl groups is 1. The number of epoxide rings is 1. The van der Waals surface area contributed by atoms with Gasteiger partial charge >= 0.3 is 0 Å². The third-order valence-electron chi connectivity index (χ3n) is 2.65. The van der Waals surface area contributed by atoms with Gasteiger partial charge in [0.15, 0.2) is 0 Å². The van der Waals surface area contributed by atoms with E-state index in [0.29, 0.717) is 6.61 Å². The minimum absolute atomic E-state index is 0.257. The molecule has 1 aliphatic heterocycles. The Kier molecular flexibility index (Phi) is 2.18. The molecular formula is C13H12O3. The molecule has 2 aromatic carbocycles. The van der Waals surface area contributed by atoms with Gasteiger partial charge in [0.2, 0.25) is 0 Å². The van der Waals surface area contributed by atoms with Crippen LogP contribution < -0.4 is 4.74 Å². The van der Waals surface area contributed by atoms with E-state index in [1.165, 1.54) is 0 Å². The first-order valence-electron chi connectivity index (χ1n) is 5.29. The number of benzene rings is 2. The fourth-order valence-corrected chi connectivity index (χ4v) is 1.71. The number of ether oxygens (including phenoxy) is 2. The van der Waals surface area contributed by atoms with Gasteiger partial charge in [-0.05, 0) is 29.7 Å². The number of hydrogen-bond acceptors (Lipinski definition) is 3. The third kappa shape index (κ3) is 1.82. The van der Waals surface area contributed by atoms with Crippen molar-refractivity contribution >= 4 is 10.8 Å². The molecule has 1 atom stereocenters. The predicted molar refractivity (Wildman–Crippen MR) is 60.8 cm³/mol. The van der Waals surface area contributed by atoms with Crippen LogP contribution in [0.25, 0.3) is 10.8 Å². The van der Waals surface area contributed by atoms with Crippen molar-refractivity contribution in [3.05, 3.63) is 36.4 Å². The second kappa shape index (κ2) is 3.68. The van der Waals surface area contributed by atoms with Crippen molar-refractivity contribution in [3.63, 3.8) is 0 Å². The van der Waals surface area contributed by atoms with Crippen molar-refractivity contribution in [1.29, 1.82) is 0 Å². The number of phenols is 1. The van der Waals surface area contributed by atoms with E-state index in [0.717, 1.165) is 23.1 Å². The van der Waals surface area contributed by atoms with Crippen LogP contribution in [-0.4, -0.2) is 24.4 Å². The zero-order valence-electron chi connectivity index (χ0n) is 8.72. The molecule has 1 aliphatic rings. The highest BCUT2D eigenvalue weighted by Gasteiger charge is 2.23. The summed E-state index contributed by atoms with van der Waals surface area (Å²) in [5, 5.41) is 11.4. The molecule has 3 nitrogen and oxygen atoms in total. The van der Waals surface area contributed by atoms with Crippen LogP contribution in [0.2, 0.25) is 0 Å². The van der Waals surface area contributed by atoms with E-state index >= 15 is 0 Å². The van der Waals surface area contributed by atoms with E-state index in [9.17, 15) is 5.11 Å².